The van der Waals surface area contributed by atoms with E-state index in [2.05, 4.69) is 10.3 Å². The van der Waals surface area contributed by atoms with E-state index < -0.39 is 18.0 Å². The molecule has 1 heterocycles. The summed E-state index contributed by atoms with van der Waals surface area (Å²) < 4.78 is 4.76. The maximum absolute atomic E-state index is 11.9. The fourth-order valence-electron chi connectivity index (χ4n) is 1.48. The van der Waals surface area contributed by atoms with Gasteiger partial charge in [0, 0.05) is 19.8 Å². The van der Waals surface area contributed by atoms with Gasteiger partial charge in [0.25, 0.3) is 0 Å². The van der Waals surface area contributed by atoms with Gasteiger partial charge in [0.05, 0.1) is 18.7 Å². The lowest BCUT2D eigenvalue weighted by atomic mass is 10.3. The van der Waals surface area contributed by atoms with Crippen molar-refractivity contribution < 1.29 is 24.2 Å². The van der Waals surface area contributed by atoms with Gasteiger partial charge in [-0.3, -0.25) is 4.79 Å². The van der Waals surface area contributed by atoms with Crippen molar-refractivity contribution in [2.24, 2.45) is 0 Å². The molecule has 0 radical (unpaired) electrons. The van der Waals surface area contributed by atoms with Crippen molar-refractivity contribution in [1.82, 2.24) is 9.88 Å². The number of nitrogens with zero attached hydrogens (tertiary/aromatic N) is 2. The zero-order valence-electron chi connectivity index (χ0n) is 11.8. The zero-order chi connectivity index (χ0) is 15.8. The Balaban J connectivity index is 2.60. The molecule has 1 rings (SSSR count). The first-order valence-corrected chi connectivity index (χ1v) is 6.31. The third kappa shape index (κ3) is 5.09. The highest BCUT2D eigenvalue weighted by Crippen LogP contribution is 2.12. The Hall–Kier alpha value is -2.64. The fraction of sp³-hybridized carbons (Fsp3) is 0.385. The van der Waals surface area contributed by atoms with Crippen molar-refractivity contribution in [3.63, 3.8) is 0 Å². The highest BCUT2D eigenvalue weighted by atomic mass is 16.5. The summed E-state index contributed by atoms with van der Waals surface area (Å²) >= 11 is 0. The lowest BCUT2D eigenvalue weighted by Crippen LogP contribution is -2.33. The number of anilines is 1. The lowest BCUT2D eigenvalue weighted by molar-refractivity contribution is -0.143. The number of esters is 1. The Morgan fingerprint density at radius 3 is 2.76 bits per heavy atom. The maximum Gasteiger partial charge on any atom is 0.356 e. The van der Waals surface area contributed by atoms with Crippen molar-refractivity contribution >= 4 is 23.7 Å². The SMILES string of the molecule is CCOC(=O)CCN(C)C(=O)Nc1cccnc1C(=O)O. The van der Waals surface area contributed by atoms with Crippen molar-refractivity contribution in [3.8, 4) is 0 Å². The number of aromatic carboxylic acids is 1. The molecular formula is C13H17N3O5. The second-order valence-corrected chi connectivity index (χ2v) is 4.11. The number of nitrogens with one attached hydrogen (secondary N) is 1. The van der Waals surface area contributed by atoms with Crippen LogP contribution in [0.4, 0.5) is 10.5 Å². The van der Waals surface area contributed by atoms with Gasteiger partial charge in [-0.05, 0) is 19.1 Å². The van der Waals surface area contributed by atoms with Crippen LogP contribution in [0.15, 0.2) is 18.3 Å². The minimum absolute atomic E-state index is 0.0661. The number of ether oxygens (including phenoxy) is 1. The fourth-order valence-corrected chi connectivity index (χ4v) is 1.48. The predicted octanol–water partition coefficient (Wildman–Crippen LogP) is 1.20. The molecule has 0 aliphatic carbocycles. The van der Waals surface area contributed by atoms with Crippen LogP contribution in [-0.2, 0) is 9.53 Å². The number of carbonyl (C=O) groups excluding carboxylic acids is 2. The largest absolute Gasteiger partial charge is 0.476 e. The molecule has 114 valence electrons. The van der Waals surface area contributed by atoms with Crippen LogP contribution in [0.3, 0.4) is 0 Å². The van der Waals surface area contributed by atoms with Gasteiger partial charge in [-0.25, -0.2) is 14.6 Å². The molecule has 0 atom stereocenters. The highest BCUT2D eigenvalue weighted by Gasteiger charge is 2.16. The van der Waals surface area contributed by atoms with Crippen molar-refractivity contribution in [2.75, 3.05) is 25.5 Å². The van der Waals surface area contributed by atoms with E-state index in [4.69, 9.17) is 9.84 Å². The second kappa shape index (κ2) is 7.83. The summed E-state index contributed by atoms with van der Waals surface area (Å²) in [7, 11) is 1.49. The monoisotopic (exact) mass is 295 g/mol. The van der Waals surface area contributed by atoms with Gasteiger partial charge in [-0.15, -0.1) is 0 Å². The molecule has 0 spiro atoms. The first kappa shape index (κ1) is 16.4. The Morgan fingerprint density at radius 1 is 1.43 bits per heavy atom. The Labute approximate surface area is 121 Å². The number of urea groups is 1. The average molecular weight is 295 g/mol. The molecule has 1 aromatic heterocycles. The normalized spacial score (nSPS) is 9.81. The Bertz CT molecular complexity index is 532. The number of carboxylic acids is 1. The predicted molar refractivity (Wildman–Crippen MR) is 74.1 cm³/mol. The average Bonchev–Trinajstić information content (AvgIpc) is 2.45. The number of amides is 2. The second-order valence-electron chi connectivity index (χ2n) is 4.11. The van der Waals surface area contributed by atoms with Crippen LogP contribution >= 0.6 is 0 Å². The molecule has 0 aliphatic rings. The van der Waals surface area contributed by atoms with E-state index in [9.17, 15) is 14.4 Å². The van der Waals surface area contributed by atoms with Crippen LogP contribution in [0.2, 0.25) is 0 Å². The number of rotatable bonds is 6. The first-order valence-electron chi connectivity index (χ1n) is 6.31. The third-order valence-corrected chi connectivity index (χ3v) is 2.56. The van der Waals surface area contributed by atoms with Gasteiger partial charge < -0.3 is 20.1 Å². The molecule has 8 nitrogen and oxygen atoms in total. The molecule has 0 fully saturated rings. The van der Waals surface area contributed by atoms with E-state index >= 15 is 0 Å². The number of hydrogen-bond acceptors (Lipinski definition) is 5. The standard InChI is InChI=1S/C13H17N3O5/c1-3-21-10(17)6-8-16(2)13(20)15-9-5-4-7-14-11(9)12(18)19/h4-5,7H,3,6,8H2,1-2H3,(H,15,20)(H,18,19). The topological polar surface area (TPSA) is 109 Å². The number of carbonyl (C=O) groups is 3. The van der Waals surface area contributed by atoms with Crippen LogP contribution in [0.5, 0.6) is 0 Å². The quantitative estimate of drug-likeness (QED) is 0.763. The molecule has 1 aromatic rings. The molecule has 0 aliphatic heterocycles. The molecule has 0 saturated carbocycles. The van der Waals surface area contributed by atoms with Crippen LogP contribution in [-0.4, -0.2) is 53.2 Å². The van der Waals surface area contributed by atoms with E-state index in [0.717, 1.165) is 0 Å². The highest BCUT2D eigenvalue weighted by molar-refractivity contribution is 5.98. The van der Waals surface area contributed by atoms with E-state index in [1.165, 1.54) is 30.3 Å². The molecule has 0 unspecified atom stereocenters. The van der Waals surface area contributed by atoms with Gasteiger partial charge in [-0.1, -0.05) is 0 Å². The smallest absolute Gasteiger partial charge is 0.356 e. The summed E-state index contributed by atoms with van der Waals surface area (Å²) in [5.74, 6) is -1.63. The van der Waals surface area contributed by atoms with E-state index in [-0.39, 0.29) is 31.0 Å². The van der Waals surface area contributed by atoms with E-state index in [1.807, 2.05) is 0 Å². The lowest BCUT2D eigenvalue weighted by Gasteiger charge is -2.17. The Morgan fingerprint density at radius 2 is 2.14 bits per heavy atom. The number of carboxylic acid groups (broad SMARTS) is 1. The van der Waals surface area contributed by atoms with E-state index in [0.29, 0.717) is 0 Å². The summed E-state index contributed by atoms with van der Waals surface area (Å²) in [4.78, 5) is 39.0. The molecule has 2 amide bonds. The van der Waals surface area contributed by atoms with E-state index in [1.54, 1.807) is 6.92 Å². The molecule has 2 N–H and O–H groups in total. The first-order chi connectivity index (χ1) is 9.95. The zero-order valence-corrected chi connectivity index (χ0v) is 11.8. The van der Waals surface area contributed by atoms with Gasteiger partial charge in [0.15, 0.2) is 5.69 Å². The third-order valence-electron chi connectivity index (χ3n) is 2.56. The van der Waals surface area contributed by atoms with Crippen LogP contribution in [0, 0.1) is 0 Å². The molecule has 0 bridgehead atoms. The minimum atomic E-state index is -1.24. The molecule has 21 heavy (non-hydrogen) atoms. The van der Waals surface area contributed by atoms with Crippen molar-refractivity contribution in [1.29, 1.82) is 0 Å². The summed E-state index contributed by atoms with van der Waals surface area (Å²) in [6, 6.07) is 2.42. The maximum atomic E-state index is 11.9. The Kier molecular flexibility index (Phi) is 6.12. The summed E-state index contributed by atoms with van der Waals surface area (Å²) in [5.41, 5.74) is -0.150. The number of aromatic nitrogens is 1. The summed E-state index contributed by atoms with van der Waals surface area (Å²) in [6.45, 7) is 2.14. The number of pyridine rings is 1. The van der Waals surface area contributed by atoms with Crippen molar-refractivity contribution in [3.05, 3.63) is 24.0 Å². The van der Waals surface area contributed by atoms with Crippen LogP contribution in [0.25, 0.3) is 0 Å². The van der Waals surface area contributed by atoms with Gasteiger partial charge >= 0.3 is 18.0 Å². The molecule has 0 saturated heterocycles. The van der Waals surface area contributed by atoms with Gasteiger partial charge in [0.2, 0.25) is 0 Å². The summed E-state index contributed by atoms with van der Waals surface area (Å²) in [6.07, 6.45) is 1.39. The van der Waals surface area contributed by atoms with Gasteiger partial charge in [0.1, 0.15) is 0 Å². The number of hydrogen-bond donors (Lipinski definition) is 2. The van der Waals surface area contributed by atoms with Gasteiger partial charge in [-0.2, -0.15) is 0 Å². The minimum Gasteiger partial charge on any atom is -0.476 e. The molecule has 8 heteroatoms. The molecular weight excluding hydrogens is 278 g/mol. The summed E-state index contributed by atoms with van der Waals surface area (Å²) in [5, 5.41) is 11.4. The van der Waals surface area contributed by atoms with Crippen LogP contribution in [0.1, 0.15) is 23.8 Å². The molecule has 0 aromatic carbocycles. The van der Waals surface area contributed by atoms with Crippen LogP contribution < -0.4 is 5.32 Å². The van der Waals surface area contributed by atoms with Crippen molar-refractivity contribution in [2.45, 2.75) is 13.3 Å².